The van der Waals surface area contributed by atoms with Gasteiger partial charge in [-0.25, -0.2) is 12.7 Å². The number of benzene rings is 1. The Morgan fingerprint density at radius 2 is 1.85 bits per heavy atom. The Bertz CT molecular complexity index is 498. The standard InChI is InChI=1S/C14H24N2O3S/c1-12(11-15-9-10-19-4)13-5-7-14(8-6-13)20(17,18)16(2)3/h5-8,12,15H,9-11H2,1-4H3. The smallest absolute Gasteiger partial charge is 0.242 e. The second-order valence-corrected chi connectivity index (χ2v) is 7.11. The van der Waals surface area contributed by atoms with Gasteiger partial charge in [0.05, 0.1) is 11.5 Å². The molecule has 0 heterocycles. The molecule has 0 aromatic heterocycles. The fraction of sp³-hybridized carbons (Fsp3) is 0.571. The lowest BCUT2D eigenvalue weighted by molar-refractivity contribution is 0.199. The minimum atomic E-state index is -3.34. The van der Waals surface area contributed by atoms with Crippen LogP contribution in [0.5, 0.6) is 0 Å². The third-order valence-electron chi connectivity index (χ3n) is 3.16. The molecule has 1 atom stereocenters. The predicted octanol–water partition coefficient (Wildman–Crippen LogP) is 1.28. The Morgan fingerprint density at radius 1 is 1.25 bits per heavy atom. The molecule has 6 heteroatoms. The summed E-state index contributed by atoms with van der Waals surface area (Å²) < 4.78 is 30.1. The number of hydrogen-bond donors (Lipinski definition) is 1. The van der Waals surface area contributed by atoms with Crippen molar-refractivity contribution in [3.63, 3.8) is 0 Å². The fourth-order valence-electron chi connectivity index (χ4n) is 1.79. The highest BCUT2D eigenvalue weighted by Gasteiger charge is 2.17. The average Bonchev–Trinajstić information content (AvgIpc) is 2.43. The zero-order valence-corrected chi connectivity index (χ0v) is 13.4. The maximum absolute atomic E-state index is 12.0. The number of hydrogen-bond acceptors (Lipinski definition) is 4. The van der Waals surface area contributed by atoms with Gasteiger partial charge in [0, 0.05) is 34.3 Å². The molecule has 0 bridgehead atoms. The van der Waals surface area contributed by atoms with Crippen LogP contribution in [0.15, 0.2) is 29.2 Å². The Morgan fingerprint density at radius 3 is 2.35 bits per heavy atom. The molecule has 1 rings (SSSR count). The molecule has 1 N–H and O–H groups in total. The lowest BCUT2D eigenvalue weighted by atomic mass is 10.0. The van der Waals surface area contributed by atoms with E-state index in [-0.39, 0.29) is 0 Å². The molecule has 5 nitrogen and oxygen atoms in total. The Kier molecular flexibility index (Phi) is 6.61. The lowest BCUT2D eigenvalue weighted by Crippen LogP contribution is -2.24. The van der Waals surface area contributed by atoms with Gasteiger partial charge in [0.2, 0.25) is 10.0 Å². The van der Waals surface area contributed by atoms with Crippen LogP contribution in [0.25, 0.3) is 0 Å². The monoisotopic (exact) mass is 300 g/mol. The van der Waals surface area contributed by atoms with Gasteiger partial charge < -0.3 is 10.1 Å². The second kappa shape index (κ2) is 7.73. The highest BCUT2D eigenvalue weighted by molar-refractivity contribution is 7.89. The first-order valence-electron chi connectivity index (χ1n) is 6.61. The van der Waals surface area contributed by atoms with E-state index in [0.717, 1.165) is 18.7 Å². The van der Waals surface area contributed by atoms with Gasteiger partial charge in [-0.05, 0) is 23.6 Å². The third kappa shape index (κ3) is 4.56. The van der Waals surface area contributed by atoms with Crippen molar-refractivity contribution >= 4 is 10.0 Å². The van der Waals surface area contributed by atoms with Crippen LogP contribution in [0, 0.1) is 0 Å². The first-order chi connectivity index (χ1) is 9.39. The van der Waals surface area contributed by atoms with Gasteiger partial charge >= 0.3 is 0 Å². The number of nitrogens with zero attached hydrogens (tertiary/aromatic N) is 1. The maximum Gasteiger partial charge on any atom is 0.242 e. The van der Waals surface area contributed by atoms with E-state index in [4.69, 9.17) is 4.74 Å². The van der Waals surface area contributed by atoms with E-state index in [1.807, 2.05) is 12.1 Å². The van der Waals surface area contributed by atoms with Crippen molar-refractivity contribution in [1.29, 1.82) is 0 Å². The van der Waals surface area contributed by atoms with Gasteiger partial charge in [-0.2, -0.15) is 0 Å². The van der Waals surface area contributed by atoms with Crippen LogP contribution in [0.4, 0.5) is 0 Å². The number of rotatable bonds is 8. The molecule has 0 aliphatic carbocycles. The summed E-state index contributed by atoms with van der Waals surface area (Å²) in [6.07, 6.45) is 0. The number of nitrogens with one attached hydrogen (secondary N) is 1. The van der Waals surface area contributed by atoms with Crippen LogP contribution in [-0.4, -0.2) is 53.6 Å². The van der Waals surface area contributed by atoms with Crippen molar-refractivity contribution < 1.29 is 13.2 Å². The Balaban J connectivity index is 2.67. The predicted molar refractivity (Wildman–Crippen MR) is 80.5 cm³/mol. The van der Waals surface area contributed by atoms with Crippen molar-refractivity contribution in [3.05, 3.63) is 29.8 Å². The minimum absolute atomic E-state index is 0.322. The first-order valence-corrected chi connectivity index (χ1v) is 8.05. The van der Waals surface area contributed by atoms with Gasteiger partial charge in [0.15, 0.2) is 0 Å². The van der Waals surface area contributed by atoms with Gasteiger partial charge in [-0.1, -0.05) is 19.1 Å². The van der Waals surface area contributed by atoms with Crippen LogP contribution in [0.3, 0.4) is 0 Å². The molecule has 1 unspecified atom stereocenters. The summed E-state index contributed by atoms with van der Waals surface area (Å²) in [7, 11) is 1.40. The highest BCUT2D eigenvalue weighted by Crippen LogP contribution is 2.19. The number of ether oxygens (including phenoxy) is 1. The molecular weight excluding hydrogens is 276 g/mol. The maximum atomic E-state index is 12.0. The van der Waals surface area contributed by atoms with Gasteiger partial charge in [0.1, 0.15) is 0 Å². The average molecular weight is 300 g/mol. The van der Waals surface area contributed by atoms with E-state index in [1.54, 1.807) is 19.2 Å². The Labute approximate surface area is 122 Å². The molecular formula is C14H24N2O3S. The number of sulfonamides is 1. The third-order valence-corrected chi connectivity index (χ3v) is 4.99. The molecule has 0 saturated heterocycles. The van der Waals surface area contributed by atoms with Crippen LogP contribution in [-0.2, 0) is 14.8 Å². The van der Waals surface area contributed by atoms with Crippen LogP contribution < -0.4 is 5.32 Å². The molecule has 20 heavy (non-hydrogen) atoms. The van der Waals surface area contributed by atoms with Crippen LogP contribution >= 0.6 is 0 Å². The summed E-state index contributed by atoms with van der Waals surface area (Å²) in [5.74, 6) is 0.322. The quantitative estimate of drug-likeness (QED) is 0.735. The normalized spacial score (nSPS) is 13.7. The van der Waals surface area contributed by atoms with E-state index in [9.17, 15) is 8.42 Å². The molecule has 0 aliphatic heterocycles. The highest BCUT2D eigenvalue weighted by atomic mass is 32.2. The molecule has 0 radical (unpaired) electrons. The van der Waals surface area contributed by atoms with Gasteiger partial charge in [-0.15, -0.1) is 0 Å². The van der Waals surface area contributed by atoms with Crippen molar-refractivity contribution in [1.82, 2.24) is 9.62 Å². The fourth-order valence-corrected chi connectivity index (χ4v) is 2.69. The summed E-state index contributed by atoms with van der Waals surface area (Å²) >= 11 is 0. The SMILES string of the molecule is COCCNCC(C)c1ccc(S(=O)(=O)N(C)C)cc1. The van der Waals surface area contributed by atoms with Crippen LogP contribution in [0.1, 0.15) is 18.4 Å². The van der Waals surface area contributed by atoms with E-state index in [2.05, 4.69) is 12.2 Å². The summed E-state index contributed by atoms with van der Waals surface area (Å²) in [5.41, 5.74) is 1.12. The number of methoxy groups -OCH3 is 1. The molecule has 0 fully saturated rings. The van der Waals surface area contributed by atoms with Crippen molar-refractivity contribution in [3.8, 4) is 0 Å². The molecule has 0 aliphatic rings. The summed E-state index contributed by atoms with van der Waals surface area (Å²) in [5, 5.41) is 3.30. The summed E-state index contributed by atoms with van der Waals surface area (Å²) in [4.78, 5) is 0.325. The summed E-state index contributed by atoms with van der Waals surface area (Å²) in [6.45, 7) is 4.44. The summed E-state index contributed by atoms with van der Waals surface area (Å²) in [6, 6.07) is 7.07. The molecule has 1 aromatic carbocycles. The molecule has 0 spiro atoms. The molecule has 1 aromatic rings. The van der Waals surface area contributed by atoms with E-state index in [0.29, 0.717) is 17.4 Å². The van der Waals surface area contributed by atoms with Gasteiger partial charge in [-0.3, -0.25) is 0 Å². The zero-order valence-electron chi connectivity index (χ0n) is 12.6. The molecule has 0 saturated carbocycles. The van der Waals surface area contributed by atoms with E-state index >= 15 is 0 Å². The molecule has 114 valence electrons. The largest absolute Gasteiger partial charge is 0.383 e. The van der Waals surface area contributed by atoms with Crippen molar-refractivity contribution in [2.24, 2.45) is 0 Å². The zero-order chi connectivity index (χ0) is 15.2. The van der Waals surface area contributed by atoms with Crippen LogP contribution in [0.2, 0.25) is 0 Å². The van der Waals surface area contributed by atoms with Crippen molar-refractivity contribution in [2.75, 3.05) is 40.9 Å². The Hall–Kier alpha value is -0.950. The lowest BCUT2D eigenvalue weighted by Gasteiger charge is -2.15. The first kappa shape index (κ1) is 17.1. The topological polar surface area (TPSA) is 58.6 Å². The van der Waals surface area contributed by atoms with Gasteiger partial charge in [0.25, 0.3) is 0 Å². The minimum Gasteiger partial charge on any atom is -0.383 e. The molecule has 0 amide bonds. The second-order valence-electron chi connectivity index (χ2n) is 4.95. The van der Waals surface area contributed by atoms with E-state index < -0.39 is 10.0 Å². The van der Waals surface area contributed by atoms with E-state index in [1.165, 1.54) is 18.4 Å². The van der Waals surface area contributed by atoms with Crippen molar-refractivity contribution in [2.45, 2.75) is 17.7 Å².